The maximum atomic E-state index is 14.4. The molecule has 0 aliphatic rings. The van der Waals surface area contributed by atoms with Crippen LogP contribution in [-0.2, 0) is 32.6 Å². The van der Waals surface area contributed by atoms with E-state index in [2.05, 4.69) is 5.32 Å². The predicted molar refractivity (Wildman–Crippen MR) is 177 cm³/mol. The highest BCUT2D eigenvalue weighted by molar-refractivity contribution is 7.92. The van der Waals surface area contributed by atoms with Crippen LogP contribution in [0.5, 0.6) is 0 Å². The van der Waals surface area contributed by atoms with E-state index in [0.717, 1.165) is 9.87 Å². The second kappa shape index (κ2) is 15.1. The van der Waals surface area contributed by atoms with Gasteiger partial charge in [0, 0.05) is 40.1 Å². The van der Waals surface area contributed by atoms with Crippen molar-refractivity contribution >= 4 is 73.9 Å². The number of likely N-dealkylation sites (N-methyl/N-ethyl adjacent to an activating group) is 1. The largest absolute Gasteiger partial charge is 0.355 e. The molecule has 4 rings (SSSR count). The monoisotopic (exact) mass is 691 g/mol. The SMILES string of the molecule is CCNC(=O)[C@H](Cc1ccccc1)N(Cc1c(Cl)cccc1Cl)C(=O)CN(c1ccc(Cl)cc1Cl)S(=O)(=O)c1ccccc1. The fraction of sp³-hybridized carbons (Fsp3) is 0.188. The quantitative estimate of drug-likeness (QED) is 0.169. The highest BCUT2D eigenvalue weighted by Gasteiger charge is 2.35. The molecule has 1 atom stereocenters. The first-order valence-corrected chi connectivity index (χ1v) is 16.5. The second-order valence-electron chi connectivity index (χ2n) is 9.74. The van der Waals surface area contributed by atoms with Crippen LogP contribution in [0.25, 0.3) is 0 Å². The standard InChI is InChI=1S/C32H29Cl4N3O4S/c1-2-37-32(41)30(18-22-10-5-3-6-11-22)38(20-25-26(34)14-9-15-27(25)35)31(40)21-39(29-17-16-23(33)19-28(29)36)44(42,43)24-12-7-4-8-13-24/h3-17,19,30H,2,18,20-21H2,1H3,(H,37,41)/t30-/m0/s1. The number of rotatable bonds is 12. The second-order valence-corrected chi connectivity index (χ2v) is 13.3. The Kier molecular flexibility index (Phi) is 11.6. The molecule has 0 aromatic heterocycles. The van der Waals surface area contributed by atoms with Crippen molar-refractivity contribution in [3.63, 3.8) is 0 Å². The molecule has 230 valence electrons. The zero-order chi connectivity index (χ0) is 31.9. The Balaban J connectivity index is 1.85. The van der Waals surface area contributed by atoms with E-state index >= 15 is 0 Å². The number of anilines is 1. The molecule has 0 radical (unpaired) electrons. The third-order valence-electron chi connectivity index (χ3n) is 6.80. The molecule has 2 amide bonds. The average Bonchev–Trinajstić information content (AvgIpc) is 3.00. The molecule has 4 aromatic rings. The zero-order valence-corrected chi connectivity index (χ0v) is 27.4. The van der Waals surface area contributed by atoms with Gasteiger partial charge >= 0.3 is 0 Å². The van der Waals surface area contributed by atoms with Gasteiger partial charge in [-0.3, -0.25) is 13.9 Å². The van der Waals surface area contributed by atoms with Crippen molar-refractivity contribution in [1.82, 2.24) is 10.2 Å². The molecule has 0 heterocycles. The normalized spacial score (nSPS) is 11.9. The number of benzene rings is 4. The van der Waals surface area contributed by atoms with Crippen LogP contribution < -0.4 is 9.62 Å². The third kappa shape index (κ3) is 8.06. The van der Waals surface area contributed by atoms with Gasteiger partial charge in [0.25, 0.3) is 10.0 Å². The van der Waals surface area contributed by atoms with Crippen molar-refractivity contribution in [3.8, 4) is 0 Å². The van der Waals surface area contributed by atoms with Gasteiger partial charge in [0.05, 0.1) is 15.6 Å². The molecule has 7 nitrogen and oxygen atoms in total. The maximum Gasteiger partial charge on any atom is 0.264 e. The van der Waals surface area contributed by atoms with Gasteiger partial charge in [0.15, 0.2) is 0 Å². The van der Waals surface area contributed by atoms with Crippen molar-refractivity contribution in [2.45, 2.75) is 30.8 Å². The van der Waals surface area contributed by atoms with E-state index in [1.807, 2.05) is 30.3 Å². The topological polar surface area (TPSA) is 86.8 Å². The van der Waals surface area contributed by atoms with Crippen LogP contribution >= 0.6 is 46.4 Å². The third-order valence-corrected chi connectivity index (χ3v) is 9.82. The lowest BCUT2D eigenvalue weighted by Crippen LogP contribution is -2.53. The Morgan fingerprint density at radius 1 is 0.795 bits per heavy atom. The summed E-state index contributed by atoms with van der Waals surface area (Å²) >= 11 is 25.6. The summed E-state index contributed by atoms with van der Waals surface area (Å²) in [4.78, 5) is 29.3. The van der Waals surface area contributed by atoms with Crippen LogP contribution in [0.15, 0.2) is 102 Å². The molecule has 44 heavy (non-hydrogen) atoms. The number of amides is 2. The van der Waals surface area contributed by atoms with Gasteiger partial charge in [0.1, 0.15) is 12.6 Å². The van der Waals surface area contributed by atoms with Crippen molar-refractivity contribution in [1.29, 1.82) is 0 Å². The lowest BCUT2D eigenvalue weighted by molar-refractivity contribution is -0.140. The van der Waals surface area contributed by atoms with Gasteiger partial charge in [-0.25, -0.2) is 8.42 Å². The summed E-state index contributed by atoms with van der Waals surface area (Å²) in [5, 5.41) is 3.70. The minimum Gasteiger partial charge on any atom is -0.355 e. The number of halogens is 4. The molecule has 0 saturated carbocycles. The number of sulfonamides is 1. The van der Waals surface area contributed by atoms with Gasteiger partial charge < -0.3 is 10.2 Å². The minimum absolute atomic E-state index is 0.0232. The predicted octanol–water partition coefficient (Wildman–Crippen LogP) is 7.27. The van der Waals surface area contributed by atoms with E-state index in [4.69, 9.17) is 46.4 Å². The van der Waals surface area contributed by atoms with Crippen molar-refractivity contribution in [3.05, 3.63) is 128 Å². The van der Waals surface area contributed by atoms with E-state index in [1.54, 1.807) is 43.3 Å². The van der Waals surface area contributed by atoms with E-state index in [9.17, 15) is 18.0 Å². The van der Waals surface area contributed by atoms with E-state index in [0.29, 0.717) is 22.2 Å². The number of carbonyl (C=O) groups excluding carboxylic acids is 2. The van der Waals surface area contributed by atoms with Gasteiger partial charge in [0.2, 0.25) is 11.8 Å². The minimum atomic E-state index is -4.32. The molecule has 0 bridgehead atoms. The first-order chi connectivity index (χ1) is 21.0. The summed E-state index contributed by atoms with van der Waals surface area (Å²) in [6.07, 6.45) is 0.146. The molecular formula is C32H29Cl4N3O4S. The fourth-order valence-electron chi connectivity index (χ4n) is 4.62. The highest BCUT2D eigenvalue weighted by Crippen LogP contribution is 2.33. The summed E-state index contributed by atoms with van der Waals surface area (Å²) in [7, 11) is -4.32. The summed E-state index contributed by atoms with van der Waals surface area (Å²) in [5.41, 5.74) is 1.25. The van der Waals surface area contributed by atoms with Crippen molar-refractivity contribution in [2.24, 2.45) is 0 Å². The van der Waals surface area contributed by atoms with E-state index < -0.39 is 34.4 Å². The lowest BCUT2D eigenvalue weighted by atomic mass is 10.0. The summed E-state index contributed by atoms with van der Waals surface area (Å²) in [5.74, 6) is -1.10. The number of hydrogen-bond acceptors (Lipinski definition) is 4. The molecule has 12 heteroatoms. The number of hydrogen-bond donors (Lipinski definition) is 1. The summed E-state index contributed by atoms with van der Waals surface area (Å²) in [6, 6.07) is 25.1. The van der Waals surface area contributed by atoms with Gasteiger partial charge in [-0.2, -0.15) is 0 Å². The average molecular weight is 693 g/mol. The van der Waals surface area contributed by atoms with Gasteiger partial charge in [-0.05, 0) is 55.0 Å². The lowest BCUT2D eigenvalue weighted by Gasteiger charge is -2.34. The fourth-order valence-corrected chi connectivity index (χ4v) is 7.15. The zero-order valence-electron chi connectivity index (χ0n) is 23.6. The highest BCUT2D eigenvalue weighted by atomic mass is 35.5. The Hall–Kier alpha value is -3.27. The van der Waals surface area contributed by atoms with Crippen LogP contribution in [0.3, 0.4) is 0 Å². The molecule has 0 spiro atoms. The molecule has 0 aliphatic heterocycles. The Labute approximate surface area is 277 Å². The van der Waals surface area contributed by atoms with Crippen LogP contribution in [-0.4, -0.2) is 44.3 Å². The molecule has 0 saturated heterocycles. The molecular weight excluding hydrogens is 664 g/mol. The van der Waals surface area contributed by atoms with Gasteiger partial charge in [-0.15, -0.1) is 0 Å². The smallest absolute Gasteiger partial charge is 0.264 e. The molecule has 0 aliphatic carbocycles. The number of carbonyl (C=O) groups is 2. The van der Waals surface area contributed by atoms with Crippen LogP contribution in [0.1, 0.15) is 18.1 Å². The molecule has 0 fully saturated rings. The maximum absolute atomic E-state index is 14.4. The van der Waals surface area contributed by atoms with Crippen molar-refractivity contribution in [2.75, 3.05) is 17.4 Å². The first-order valence-electron chi connectivity index (χ1n) is 13.6. The first kappa shape index (κ1) is 33.6. The van der Waals surface area contributed by atoms with E-state index in [1.165, 1.54) is 35.2 Å². The Morgan fingerprint density at radius 3 is 2.00 bits per heavy atom. The van der Waals surface area contributed by atoms with Crippen LogP contribution in [0.4, 0.5) is 5.69 Å². The summed E-state index contributed by atoms with van der Waals surface area (Å²) < 4.78 is 29.0. The van der Waals surface area contributed by atoms with E-state index in [-0.39, 0.29) is 33.6 Å². The molecule has 1 N–H and O–H groups in total. The molecule has 0 unspecified atom stereocenters. The van der Waals surface area contributed by atoms with Crippen molar-refractivity contribution < 1.29 is 18.0 Å². The number of nitrogens with zero attached hydrogens (tertiary/aromatic N) is 2. The molecule has 4 aromatic carbocycles. The van der Waals surface area contributed by atoms with Crippen LogP contribution in [0, 0.1) is 0 Å². The van der Waals surface area contributed by atoms with Crippen LogP contribution in [0.2, 0.25) is 20.1 Å². The Morgan fingerprint density at radius 2 is 1.41 bits per heavy atom. The summed E-state index contributed by atoms with van der Waals surface area (Å²) in [6.45, 7) is 1.23. The van der Waals surface area contributed by atoms with Gasteiger partial charge in [-0.1, -0.05) is 101 Å². The Bertz CT molecular complexity index is 1700. The number of nitrogens with one attached hydrogen (secondary N) is 1.